The highest BCUT2D eigenvalue weighted by Gasteiger charge is 2.23. The predicted octanol–water partition coefficient (Wildman–Crippen LogP) is 5.87. The van der Waals surface area contributed by atoms with Crippen LogP contribution in [0.5, 0.6) is 5.75 Å². The second-order valence-electron chi connectivity index (χ2n) is 7.44. The topological polar surface area (TPSA) is 95.3 Å². The molecule has 2 heterocycles. The molecule has 2 aromatic carbocycles. The van der Waals surface area contributed by atoms with Crippen molar-refractivity contribution in [1.82, 2.24) is 14.8 Å². The third-order valence-electron chi connectivity index (χ3n) is 5.31. The summed E-state index contributed by atoms with van der Waals surface area (Å²) < 4.78 is 12.1. The normalized spacial score (nSPS) is 10.8. The number of amides is 1. The van der Waals surface area contributed by atoms with Gasteiger partial charge in [0.05, 0.1) is 25.0 Å². The fraction of sp³-hybridized carbons (Fsp3) is 0.200. The molecule has 8 nitrogen and oxygen atoms in total. The highest BCUT2D eigenvalue weighted by atomic mass is 35.5. The molecule has 186 valence electrons. The summed E-state index contributed by atoms with van der Waals surface area (Å²) >= 11 is 8.85. The molecule has 2 aromatic heterocycles. The average molecular weight is 543 g/mol. The second-order valence-corrected chi connectivity index (χ2v) is 9.67. The Hall–Kier alpha value is -3.34. The van der Waals surface area contributed by atoms with Crippen molar-refractivity contribution in [3.63, 3.8) is 0 Å². The van der Waals surface area contributed by atoms with Gasteiger partial charge in [-0.15, -0.1) is 21.5 Å². The van der Waals surface area contributed by atoms with Crippen molar-refractivity contribution in [2.75, 3.05) is 25.3 Å². The highest BCUT2D eigenvalue weighted by molar-refractivity contribution is 7.99. The molecule has 4 aromatic rings. The third kappa shape index (κ3) is 5.40. The summed E-state index contributed by atoms with van der Waals surface area (Å²) in [4.78, 5) is 25.4. The van der Waals surface area contributed by atoms with Crippen LogP contribution in [0.1, 0.15) is 17.3 Å². The van der Waals surface area contributed by atoms with Crippen LogP contribution in [0.2, 0.25) is 5.02 Å². The third-order valence-corrected chi connectivity index (χ3v) is 7.51. The number of halogens is 1. The minimum Gasteiger partial charge on any atom is -0.497 e. The molecule has 0 bridgehead atoms. The van der Waals surface area contributed by atoms with Crippen LogP contribution in [-0.4, -0.2) is 46.6 Å². The van der Waals surface area contributed by atoms with E-state index >= 15 is 0 Å². The van der Waals surface area contributed by atoms with Crippen LogP contribution in [0, 0.1) is 0 Å². The first-order chi connectivity index (χ1) is 17.5. The fourth-order valence-electron chi connectivity index (χ4n) is 3.55. The smallest absolute Gasteiger partial charge is 0.341 e. The van der Waals surface area contributed by atoms with E-state index in [1.165, 1.54) is 30.2 Å². The van der Waals surface area contributed by atoms with Gasteiger partial charge in [0.25, 0.3) is 0 Å². The van der Waals surface area contributed by atoms with Crippen LogP contribution in [-0.2, 0) is 16.1 Å². The van der Waals surface area contributed by atoms with E-state index in [-0.39, 0.29) is 11.7 Å². The first-order valence-corrected chi connectivity index (χ1v) is 13.2. The minimum absolute atomic E-state index is 0.0804. The molecule has 1 amide bonds. The van der Waals surface area contributed by atoms with Crippen LogP contribution >= 0.6 is 34.7 Å². The van der Waals surface area contributed by atoms with Gasteiger partial charge >= 0.3 is 5.97 Å². The summed E-state index contributed by atoms with van der Waals surface area (Å²) in [6, 6.07) is 14.7. The fourth-order valence-corrected chi connectivity index (χ4v) is 5.55. The average Bonchev–Trinajstić information content (AvgIpc) is 3.51. The molecule has 0 radical (unpaired) electrons. The molecule has 0 spiro atoms. The maximum absolute atomic E-state index is 12.8. The van der Waals surface area contributed by atoms with Crippen molar-refractivity contribution < 1.29 is 19.1 Å². The number of ether oxygens (including phenoxy) is 2. The van der Waals surface area contributed by atoms with Gasteiger partial charge in [-0.1, -0.05) is 47.6 Å². The number of nitrogens with zero attached hydrogens (tertiary/aromatic N) is 3. The number of benzene rings is 2. The molecular weight excluding hydrogens is 520 g/mol. The van der Waals surface area contributed by atoms with Crippen LogP contribution in [0.4, 0.5) is 5.00 Å². The molecule has 4 rings (SSSR count). The van der Waals surface area contributed by atoms with E-state index in [0.717, 1.165) is 11.1 Å². The van der Waals surface area contributed by atoms with E-state index < -0.39 is 5.97 Å². The van der Waals surface area contributed by atoms with Gasteiger partial charge in [-0.25, -0.2) is 4.79 Å². The van der Waals surface area contributed by atoms with E-state index in [9.17, 15) is 9.59 Å². The zero-order valence-corrected chi connectivity index (χ0v) is 22.2. The number of carbonyl (C=O) groups excluding carboxylic acids is 2. The number of hydrogen-bond acceptors (Lipinski definition) is 8. The number of rotatable bonds is 9. The standard InChI is InChI=1S/C25H23ClN4O4S2/c1-4-30-22(17-7-5-6-8-19(17)26)28-29-25(30)36-14-20(31)27-23-21(24(32)34-3)18(13-35-23)15-9-11-16(33-2)12-10-15/h5-13H,4,14H2,1-3H3,(H,27,31). The number of thiophene rings is 1. The summed E-state index contributed by atoms with van der Waals surface area (Å²) in [7, 11) is 2.90. The Morgan fingerprint density at radius 1 is 1.08 bits per heavy atom. The Balaban J connectivity index is 1.51. The maximum Gasteiger partial charge on any atom is 0.341 e. The van der Waals surface area contributed by atoms with Crippen molar-refractivity contribution >= 4 is 51.6 Å². The van der Waals surface area contributed by atoms with Gasteiger partial charge in [0, 0.05) is 23.1 Å². The van der Waals surface area contributed by atoms with Crippen molar-refractivity contribution in [2.45, 2.75) is 18.6 Å². The van der Waals surface area contributed by atoms with E-state index in [2.05, 4.69) is 15.5 Å². The number of aromatic nitrogens is 3. The van der Waals surface area contributed by atoms with Gasteiger partial charge in [-0.3, -0.25) is 4.79 Å². The van der Waals surface area contributed by atoms with E-state index in [1.807, 2.05) is 59.3 Å². The Kier molecular flexibility index (Phi) is 8.29. The van der Waals surface area contributed by atoms with E-state index in [1.54, 1.807) is 13.2 Å². The lowest BCUT2D eigenvalue weighted by Crippen LogP contribution is -2.16. The molecule has 0 aliphatic heterocycles. The molecule has 0 aliphatic carbocycles. The molecule has 1 N–H and O–H groups in total. The Morgan fingerprint density at radius 3 is 2.50 bits per heavy atom. The predicted molar refractivity (Wildman–Crippen MR) is 143 cm³/mol. The van der Waals surface area contributed by atoms with Gasteiger partial charge in [0.2, 0.25) is 5.91 Å². The summed E-state index contributed by atoms with van der Waals surface area (Å²) in [6.07, 6.45) is 0. The van der Waals surface area contributed by atoms with Crippen LogP contribution in [0.3, 0.4) is 0 Å². The quantitative estimate of drug-likeness (QED) is 0.208. The number of methoxy groups -OCH3 is 2. The molecule has 0 saturated heterocycles. The largest absolute Gasteiger partial charge is 0.497 e. The number of anilines is 1. The van der Waals surface area contributed by atoms with E-state index in [4.69, 9.17) is 21.1 Å². The van der Waals surface area contributed by atoms with Gasteiger partial charge in [-0.2, -0.15) is 0 Å². The molecule has 11 heteroatoms. The Morgan fingerprint density at radius 2 is 1.83 bits per heavy atom. The van der Waals surface area contributed by atoms with Crippen LogP contribution in [0.25, 0.3) is 22.5 Å². The van der Waals surface area contributed by atoms with Gasteiger partial charge < -0.3 is 19.4 Å². The molecule has 0 aliphatic rings. The number of esters is 1. The molecule has 0 saturated carbocycles. The summed E-state index contributed by atoms with van der Waals surface area (Å²) in [5.74, 6) is 0.619. The Bertz CT molecular complexity index is 1390. The first-order valence-electron chi connectivity index (χ1n) is 10.9. The zero-order valence-electron chi connectivity index (χ0n) is 19.8. The lowest BCUT2D eigenvalue weighted by molar-refractivity contribution is -0.113. The molecular formula is C25H23ClN4O4S2. The lowest BCUT2D eigenvalue weighted by Gasteiger charge is -2.09. The molecule has 36 heavy (non-hydrogen) atoms. The van der Waals surface area contributed by atoms with E-state index in [0.29, 0.717) is 44.4 Å². The van der Waals surface area contributed by atoms with Gasteiger partial charge in [0.15, 0.2) is 11.0 Å². The second kappa shape index (κ2) is 11.6. The first kappa shape index (κ1) is 25.7. The van der Waals surface area contributed by atoms with Crippen molar-refractivity contribution in [3.8, 4) is 28.3 Å². The Labute approximate surface area is 221 Å². The van der Waals surface area contributed by atoms with Gasteiger partial charge in [0.1, 0.15) is 16.3 Å². The number of nitrogens with one attached hydrogen (secondary N) is 1. The molecule has 0 unspecified atom stereocenters. The van der Waals surface area contributed by atoms with Crippen LogP contribution in [0.15, 0.2) is 59.1 Å². The lowest BCUT2D eigenvalue weighted by atomic mass is 10.0. The maximum atomic E-state index is 12.8. The minimum atomic E-state index is -0.528. The summed E-state index contributed by atoms with van der Waals surface area (Å²) in [5.41, 5.74) is 2.57. The SMILES string of the molecule is CCn1c(SCC(=O)Nc2scc(-c3ccc(OC)cc3)c2C(=O)OC)nnc1-c1ccccc1Cl. The van der Waals surface area contributed by atoms with Crippen molar-refractivity contribution in [3.05, 3.63) is 64.5 Å². The summed E-state index contributed by atoms with van der Waals surface area (Å²) in [5, 5.41) is 14.8. The van der Waals surface area contributed by atoms with Gasteiger partial charge in [-0.05, 0) is 36.8 Å². The monoisotopic (exact) mass is 542 g/mol. The molecule has 0 fully saturated rings. The number of hydrogen-bond donors (Lipinski definition) is 1. The van der Waals surface area contributed by atoms with Crippen molar-refractivity contribution in [1.29, 1.82) is 0 Å². The summed E-state index contributed by atoms with van der Waals surface area (Å²) in [6.45, 7) is 2.59. The zero-order chi connectivity index (χ0) is 25.7. The highest BCUT2D eigenvalue weighted by Crippen LogP contribution is 2.37. The number of thioether (sulfide) groups is 1. The van der Waals surface area contributed by atoms with Crippen LogP contribution < -0.4 is 10.1 Å². The number of carbonyl (C=O) groups is 2. The molecule has 0 atom stereocenters. The van der Waals surface area contributed by atoms with Crippen molar-refractivity contribution in [2.24, 2.45) is 0 Å².